The molecule has 0 aliphatic rings. The smallest absolute Gasteiger partial charge is 0.200 e. The molecule has 0 amide bonds. The molecular formula is C15H12ClFO3. The van der Waals surface area contributed by atoms with Crippen LogP contribution in [0.4, 0.5) is 4.39 Å². The fraction of sp³-hybridized carbons (Fsp3) is 0.133. The molecular weight excluding hydrogens is 283 g/mol. The number of ketones is 1. The molecule has 2 aromatic carbocycles. The minimum atomic E-state index is -0.574. The molecule has 0 bridgehead atoms. The Labute approximate surface area is 120 Å². The lowest BCUT2D eigenvalue weighted by atomic mass is 10.0. The second-order valence-corrected chi connectivity index (χ2v) is 4.46. The summed E-state index contributed by atoms with van der Waals surface area (Å²) >= 11 is 5.77. The lowest BCUT2D eigenvalue weighted by Gasteiger charge is -2.12. The van der Waals surface area contributed by atoms with E-state index in [-0.39, 0.29) is 16.1 Å². The Hall–Kier alpha value is -2.07. The van der Waals surface area contributed by atoms with Crippen molar-refractivity contribution in [3.05, 3.63) is 58.4 Å². The Morgan fingerprint density at radius 2 is 1.70 bits per heavy atom. The van der Waals surface area contributed by atoms with Gasteiger partial charge in [-0.15, -0.1) is 0 Å². The summed E-state index contributed by atoms with van der Waals surface area (Å²) in [6.45, 7) is 0. The second kappa shape index (κ2) is 5.92. The monoisotopic (exact) mass is 294 g/mol. The molecule has 20 heavy (non-hydrogen) atoms. The normalized spacial score (nSPS) is 10.2. The largest absolute Gasteiger partial charge is 0.496 e. The van der Waals surface area contributed by atoms with Crippen molar-refractivity contribution in [2.45, 2.75) is 0 Å². The van der Waals surface area contributed by atoms with Crippen LogP contribution in [0.1, 0.15) is 15.9 Å². The molecule has 0 saturated heterocycles. The van der Waals surface area contributed by atoms with Crippen LogP contribution in [0.3, 0.4) is 0 Å². The first-order valence-corrected chi connectivity index (χ1v) is 6.16. The van der Waals surface area contributed by atoms with Gasteiger partial charge in [0.25, 0.3) is 0 Å². The minimum Gasteiger partial charge on any atom is -0.496 e. The van der Waals surface area contributed by atoms with Crippen molar-refractivity contribution in [1.29, 1.82) is 0 Å². The average molecular weight is 295 g/mol. The molecule has 0 unspecified atom stereocenters. The Morgan fingerprint density at radius 3 is 2.20 bits per heavy atom. The molecule has 0 atom stereocenters. The molecule has 2 aromatic rings. The summed E-state index contributed by atoms with van der Waals surface area (Å²) in [4.78, 5) is 12.5. The molecule has 0 radical (unpaired) electrons. The Morgan fingerprint density at radius 1 is 1.10 bits per heavy atom. The Balaban J connectivity index is 2.58. The van der Waals surface area contributed by atoms with E-state index in [9.17, 15) is 9.18 Å². The molecule has 0 N–H and O–H groups in total. The highest BCUT2D eigenvalue weighted by atomic mass is 35.5. The van der Waals surface area contributed by atoms with Crippen molar-refractivity contribution in [2.75, 3.05) is 14.2 Å². The standard InChI is InChI=1S/C15H12ClFO3/c1-19-12-4-3-5-13(20-2)14(12)15(18)9-6-10(16)8-11(17)7-9/h3-8H,1-2H3. The molecule has 104 valence electrons. The zero-order valence-corrected chi connectivity index (χ0v) is 11.7. The van der Waals surface area contributed by atoms with Gasteiger partial charge < -0.3 is 9.47 Å². The van der Waals surface area contributed by atoms with Crippen molar-refractivity contribution < 1.29 is 18.7 Å². The fourth-order valence-electron chi connectivity index (χ4n) is 1.90. The van der Waals surface area contributed by atoms with Gasteiger partial charge in [0.2, 0.25) is 5.78 Å². The molecule has 0 aliphatic heterocycles. The number of methoxy groups -OCH3 is 2. The van der Waals surface area contributed by atoms with Gasteiger partial charge >= 0.3 is 0 Å². The maximum absolute atomic E-state index is 13.4. The van der Waals surface area contributed by atoms with Gasteiger partial charge in [-0.25, -0.2) is 4.39 Å². The third-order valence-corrected chi connectivity index (χ3v) is 3.00. The van der Waals surface area contributed by atoms with E-state index in [2.05, 4.69) is 0 Å². The first kappa shape index (κ1) is 14.3. The number of rotatable bonds is 4. The summed E-state index contributed by atoms with van der Waals surface area (Å²) in [7, 11) is 2.90. The fourth-order valence-corrected chi connectivity index (χ4v) is 2.13. The predicted molar refractivity (Wildman–Crippen MR) is 74.4 cm³/mol. The molecule has 0 fully saturated rings. The van der Waals surface area contributed by atoms with Crippen molar-refractivity contribution in [3.8, 4) is 11.5 Å². The van der Waals surface area contributed by atoms with E-state index < -0.39 is 11.6 Å². The highest BCUT2D eigenvalue weighted by molar-refractivity contribution is 6.31. The molecule has 5 heteroatoms. The van der Waals surface area contributed by atoms with E-state index in [1.807, 2.05) is 0 Å². The zero-order chi connectivity index (χ0) is 14.7. The van der Waals surface area contributed by atoms with Crippen LogP contribution in [0.5, 0.6) is 11.5 Å². The van der Waals surface area contributed by atoms with Gasteiger partial charge in [-0.1, -0.05) is 17.7 Å². The summed E-state index contributed by atoms with van der Waals surface area (Å²) < 4.78 is 23.7. The van der Waals surface area contributed by atoms with E-state index in [0.29, 0.717) is 11.5 Å². The number of halogens is 2. The summed E-state index contributed by atoms with van der Waals surface area (Å²) in [5.41, 5.74) is 0.372. The van der Waals surface area contributed by atoms with Gasteiger partial charge in [-0.05, 0) is 30.3 Å². The van der Waals surface area contributed by atoms with Crippen LogP contribution in [0.2, 0.25) is 5.02 Å². The molecule has 0 saturated carbocycles. The molecule has 0 heterocycles. The quantitative estimate of drug-likeness (QED) is 0.806. The number of carbonyl (C=O) groups is 1. The van der Waals surface area contributed by atoms with Gasteiger partial charge in [0.1, 0.15) is 22.9 Å². The third-order valence-electron chi connectivity index (χ3n) is 2.78. The Bertz CT molecular complexity index is 613. The van der Waals surface area contributed by atoms with Gasteiger partial charge in [0, 0.05) is 10.6 Å². The minimum absolute atomic E-state index is 0.137. The summed E-state index contributed by atoms with van der Waals surface area (Å²) in [5, 5.41) is 0.155. The van der Waals surface area contributed by atoms with Crippen molar-refractivity contribution >= 4 is 17.4 Å². The van der Waals surface area contributed by atoms with E-state index in [1.165, 1.54) is 20.3 Å². The van der Waals surface area contributed by atoms with E-state index in [1.54, 1.807) is 18.2 Å². The van der Waals surface area contributed by atoms with E-state index in [0.717, 1.165) is 12.1 Å². The highest BCUT2D eigenvalue weighted by Crippen LogP contribution is 2.31. The van der Waals surface area contributed by atoms with Crippen molar-refractivity contribution in [1.82, 2.24) is 0 Å². The second-order valence-electron chi connectivity index (χ2n) is 4.02. The third kappa shape index (κ3) is 2.75. The van der Waals surface area contributed by atoms with Crippen LogP contribution in [0.15, 0.2) is 36.4 Å². The predicted octanol–water partition coefficient (Wildman–Crippen LogP) is 3.73. The van der Waals surface area contributed by atoms with Crippen molar-refractivity contribution in [2.24, 2.45) is 0 Å². The van der Waals surface area contributed by atoms with Crippen molar-refractivity contribution in [3.63, 3.8) is 0 Å². The topological polar surface area (TPSA) is 35.5 Å². The van der Waals surface area contributed by atoms with E-state index in [4.69, 9.17) is 21.1 Å². The maximum atomic E-state index is 13.4. The lowest BCUT2D eigenvalue weighted by molar-refractivity contribution is 0.103. The van der Waals surface area contributed by atoms with Crippen LogP contribution in [-0.2, 0) is 0 Å². The zero-order valence-electron chi connectivity index (χ0n) is 10.9. The SMILES string of the molecule is COc1cccc(OC)c1C(=O)c1cc(F)cc(Cl)c1. The molecule has 3 nitrogen and oxygen atoms in total. The van der Waals surface area contributed by atoms with E-state index >= 15 is 0 Å². The van der Waals surface area contributed by atoms with Crippen LogP contribution >= 0.6 is 11.6 Å². The summed E-state index contributed by atoms with van der Waals surface area (Å²) in [5.74, 6) is -0.278. The van der Waals surface area contributed by atoms with Gasteiger partial charge in [0.15, 0.2) is 0 Å². The number of carbonyl (C=O) groups excluding carboxylic acids is 1. The summed E-state index contributed by atoms with van der Waals surface area (Å²) in [6.07, 6.45) is 0. The molecule has 2 rings (SSSR count). The van der Waals surface area contributed by atoms with Crippen LogP contribution < -0.4 is 9.47 Å². The van der Waals surface area contributed by atoms with Gasteiger partial charge in [-0.3, -0.25) is 4.79 Å². The number of hydrogen-bond donors (Lipinski definition) is 0. The molecule has 0 spiro atoms. The maximum Gasteiger partial charge on any atom is 0.200 e. The molecule has 0 aliphatic carbocycles. The first-order valence-electron chi connectivity index (χ1n) is 5.78. The average Bonchev–Trinajstić information content (AvgIpc) is 2.44. The number of benzene rings is 2. The number of hydrogen-bond acceptors (Lipinski definition) is 3. The summed E-state index contributed by atoms with van der Waals surface area (Å²) in [6, 6.07) is 8.64. The lowest BCUT2D eigenvalue weighted by Crippen LogP contribution is -2.07. The Kier molecular flexibility index (Phi) is 4.25. The van der Waals surface area contributed by atoms with Crippen LogP contribution in [0.25, 0.3) is 0 Å². The van der Waals surface area contributed by atoms with Crippen LogP contribution in [-0.4, -0.2) is 20.0 Å². The highest BCUT2D eigenvalue weighted by Gasteiger charge is 2.20. The van der Waals surface area contributed by atoms with Crippen LogP contribution in [0, 0.1) is 5.82 Å². The van der Waals surface area contributed by atoms with Gasteiger partial charge in [0.05, 0.1) is 14.2 Å². The molecule has 0 aromatic heterocycles. The first-order chi connectivity index (χ1) is 9.56. The van der Waals surface area contributed by atoms with Gasteiger partial charge in [-0.2, -0.15) is 0 Å². The number of ether oxygens (including phenoxy) is 2.